The van der Waals surface area contributed by atoms with Gasteiger partial charge in [0.15, 0.2) is 0 Å². The summed E-state index contributed by atoms with van der Waals surface area (Å²) in [5.41, 5.74) is 3.54. The second-order valence-corrected chi connectivity index (χ2v) is 9.56. The van der Waals surface area contributed by atoms with Crippen molar-refractivity contribution in [3.63, 3.8) is 0 Å². The van der Waals surface area contributed by atoms with Gasteiger partial charge in [-0.2, -0.15) is 0 Å². The highest BCUT2D eigenvalue weighted by Gasteiger charge is 2.15. The molecule has 0 aliphatic heterocycles. The van der Waals surface area contributed by atoms with Gasteiger partial charge in [-0.3, -0.25) is 9.52 Å². The van der Waals surface area contributed by atoms with Gasteiger partial charge in [0.05, 0.1) is 17.7 Å². The molecule has 0 saturated heterocycles. The van der Waals surface area contributed by atoms with Gasteiger partial charge in [-0.1, -0.05) is 17.7 Å². The quantitative estimate of drug-likeness (QED) is 0.358. The first-order valence-electron chi connectivity index (χ1n) is 10.9. The summed E-state index contributed by atoms with van der Waals surface area (Å²) in [5, 5.41) is 2.82. The Hall–Kier alpha value is -4.11. The molecule has 0 unspecified atom stereocenters. The molecule has 9 heteroatoms. The summed E-state index contributed by atoms with van der Waals surface area (Å²) < 4.78 is 38.4. The number of aromatic nitrogens is 1. The standard InChI is InChI=1S/C26H25N3O5S/c1-18-3-5-20(6-4-18)26-28-22(17-34-26)15-16-27-25(30)19-7-13-24(14-8-19)35(31,32)29-21-9-11-23(33-2)12-10-21/h3-14,17,29H,15-16H2,1-2H3,(H,27,30). The summed E-state index contributed by atoms with van der Waals surface area (Å²) >= 11 is 0. The maximum atomic E-state index is 12.6. The second-order valence-electron chi connectivity index (χ2n) is 7.87. The largest absolute Gasteiger partial charge is 0.497 e. The average Bonchev–Trinajstić information content (AvgIpc) is 3.33. The van der Waals surface area contributed by atoms with Crippen molar-refractivity contribution >= 4 is 21.6 Å². The Kier molecular flexibility index (Phi) is 7.17. The summed E-state index contributed by atoms with van der Waals surface area (Å²) in [6.07, 6.45) is 2.08. The van der Waals surface area contributed by atoms with E-state index in [1.165, 1.54) is 31.4 Å². The number of carbonyl (C=O) groups excluding carboxylic acids is 1. The van der Waals surface area contributed by atoms with E-state index < -0.39 is 10.0 Å². The highest BCUT2D eigenvalue weighted by Crippen LogP contribution is 2.21. The number of hydrogen-bond acceptors (Lipinski definition) is 6. The van der Waals surface area contributed by atoms with Gasteiger partial charge in [-0.05, 0) is 67.6 Å². The van der Waals surface area contributed by atoms with Crippen LogP contribution >= 0.6 is 0 Å². The smallest absolute Gasteiger partial charge is 0.261 e. The molecule has 4 rings (SSSR count). The molecule has 0 aliphatic carbocycles. The molecule has 8 nitrogen and oxygen atoms in total. The van der Waals surface area contributed by atoms with Crippen molar-refractivity contribution in [2.75, 3.05) is 18.4 Å². The van der Waals surface area contributed by atoms with Crippen LogP contribution < -0.4 is 14.8 Å². The van der Waals surface area contributed by atoms with E-state index in [9.17, 15) is 13.2 Å². The van der Waals surface area contributed by atoms with Crippen LogP contribution in [0.1, 0.15) is 21.6 Å². The normalized spacial score (nSPS) is 11.1. The Morgan fingerprint density at radius 3 is 2.31 bits per heavy atom. The van der Waals surface area contributed by atoms with Gasteiger partial charge < -0.3 is 14.5 Å². The zero-order chi connectivity index (χ0) is 24.8. The van der Waals surface area contributed by atoms with Crippen molar-refractivity contribution in [2.24, 2.45) is 0 Å². The monoisotopic (exact) mass is 491 g/mol. The third-order valence-corrected chi connectivity index (χ3v) is 6.68. The van der Waals surface area contributed by atoms with Gasteiger partial charge in [0.2, 0.25) is 5.89 Å². The minimum atomic E-state index is -3.79. The van der Waals surface area contributed by atoms with Crippen LogP contribution in [0.25, 0.3) is 11.5 Å². The Balaban J connectivity index is 1.31. The first kappa shape index (κ1) is 24.0. The third-order valence-electron chi connectivity index (χ3n) is 5.29. The molecule has 1 amide bonds. The van der Waals surface area contributed by atoms with Crippen LogP contribution in [0.2, 0.25) is 0 Å². The third kappa shape index (κ3) is 6.07. The molecule has 1 heterocycles. The van der Waals surface area contributed by atoms with Crippen LogP contribution in [0.3, 0.4) is 0 Å². The zero-order valence-electron chi connectivity index (χ0n) is 19.3. The van der Waals surface area contributed by atoms with E-state index in [1.807, 2.05) is 31.2 Å². The van der Waals surface area contributed by atoms with Crippen LogP contribution in [0, 0.1) is 6.92 Å². The van der Waals surface area contributed by atoms with Gasteiger partial charge in [0.1, 0.15) is 12.0 Å². The van der Waals surface area contributed by atoms with Crippen molar-refractivity contribution in [1.29, 1.82) is 0 Å². The number of benzene rings is 3. The Morgan fingerprint density at radius 1 is 0.971 bits per heavy atom. The van der Waals surface area contributed by atoms with Crippen LogP contribution in [0.4, 0.5) is 5.69 Å². The van der Waals surface area contributed by atoms with E-state index in [-0.39, 0.29) is 10.8 Å². The maximum absolute atomic E-state index is 12.6. The molecule has 0 atom stereocenters. The predicted molar refractivity (Wildman–Crippen MR) is 133 cm³/mol. The number of oxazole rings is 1. The summed E-state index contributed by atoms with van der Waals surface area (Å²) in [7, 11) is -2.26. The lowest BCUT2D eigenvalue weighted by atomic mass is 10.1. The van der Waals surface area contributed by atoms with E-state index in [1.54, 1.807) is 30.5 Å². The number of sulfonamides is 1. The SMILES string of the molecule is COc1ccc(NS(=O)(=O)c2ccc(C(=O)NCCc3coc(-c4ccc(C)cc4)n3)cc2)cc1. The summed E-state index contributed by atoms with van der Waals surface area (Å²) in [6.45, 7) is 2.37. The number of methoxy groups -OCH3 is 1. The Bertz CT molecular complexity index is 1390. The predicted octanol–water partition coefficient (Wildman–Crippen LogP) is 4.43. The lowest BCUT2D eigenvalue weighted by Gasteiger charge is -2.09. The minimum absolute atomic E-state index is 0.0519. The number of nitrogens with zero attached hydrogens (tertiary/aromatic N) is 1. The van der Waals surface area contributed by atoms with Gasteiger partial charge in [0.25, 0.3) is 15.9 Å². The van der Waals surface area contributed by atoms with E-state index >= 15 is 0 Å². The molecular formula is C26H25N3O5S. The average molecular weight is 492 g/mol. The first-order chi connectivity index (χ1) is 16.8. The highest BCUT2D eigenvalue weighted by molar-refractivity contribution is 7.92. The van der Waals surface area contributed by atoms with Crippen molar-refractivity contribution in [2.45, 2.75) is 18.2 Å². The van der Waals surface area contributed by atoms with E-state index in [4.69, 9.17) is 9.15 Å². The zero-order valence-corrected chi connectivity index (χ0v) is 20.1. The molecule has 0 saturated carbocycles. The fourth-order valence-corrected chi connectivity index (χ4v) is 4.37. The summed E-state index contributed by atoms with van der Waals surface area (Å²) in [6, 6.07) is 20.2. The highest BCUT2D eigenvalue weighted by atomic mass is 32.2. The summed E-state index contributed by atoms with van der Waals surface area (Å²) in [4.78, 5) is 17.0. The maximum Gasteiger partial charge on any atom is 0.261 e. The molecule has 3 aromatic carbocycles. The van der Waals surface area contributed by atoms with E-state index in [0.717, 1.165) is 16.8 Å². The fraction of sp³-hybridized carbons (Fsp3) is 0.154. The first-order valence-corrected chi connectivity index (χ1v) is 12.4. The number of nitrogens with one attached hydrogen (secondary N) is 2. The lowest BCUT2D eigenvalue weighted by Crippen LogP contribution is -2.25. The molecule has 35 heavy (non-hydrogen) atoms. The van der Waals surface area contributed by atoms with Gasteiger partial charge >= 0.3 is 0 Å². The minimum Gasteiger partial charge on any atom is -0.497 e. The number of anilines is 1. The van der Waals surface area contributed by atoms with Crippen LogP contribution in [0.5, 0.6) is 5.75 Å². The van der Waals surface area contributed by atoms with Crippen molar-refractivity contribution < 1.29 is 22.4 Å². The van der Waals surface area contributed by atoms with Gasteiger partial charge in [0, 0.05) is 29.8 Å². The molecule has 0 bridgehead atoms. The Morgan fingerprint density at radius 2 is 1.66 bits per heavy atom. The molecule has 4 aromatic rings. The molecule has 2 N–H and O–H groups in total. The molecule has 0 radical (unpaired) electrons. The number of aryl methyl sites for hydroxylation is 1. The second kappa shape index (κ2) is 10.4. The number of carbonyl (C=O) groups is 1. The number of hydrogen-bond donors (Lipinski definition) is 2. The molecular weight excluding hydrogens is 466 g/mol. The van der Waals surface area contributed by atoms with Crippen molar-refractivity contribution in [3.8, 4) is 17.2 Å². The van der Waals surface area contributed by atoms with Crippen molar-refractivity contribution in [3.05, 3.63) is 95.9 Å². The molecule has 180 valence electrons. The number of ether oxygens (including phenoxy) is 1. The van der Waals surface area contributed by atoms with Crippen LogP contribution in [0.15, 0.2) is 88.4 Å². The number of rotatable bonds is 9. The Labute approximate surface area is 204 Å². The van der Waals surface area contributed by atoms with E-state index in [0.29, 0.717) is 35.9 Å². The summed E-state index contributed by atoms with van der Waals surface area (Å²) in [5.74, 6) is 0.851. The molecule has 1 aromatic heterocycles. The van der Waals surface area contributed by atoms with Crippen molar-refractivity contribution in [1.82, 2.24) is 10.3 Å². The molecule has 0 spiro atoms. The van der Waals surface area contributed by atoms with Crippen LogP contribution in [-0.2, 0) is 16.4 Å². The number of amides is 1. The van der Waals surface area contributed by atoms with Gasteiger partial charge in [-0.25, -0.2) is 13.4 Å². The topological polar surface area (TPSA) is 111 Å². The molecule has 0 aliphatic rings. The lowest BCUT2D eigenvalue weighted by molar-refractivity contribution is 0.0954. The molecule has 0 fully saturated rings. The van der Waals surface area contributed by atoms with E-state index in [2.05, 4.69) is 15.0 Å². The van der Waals surface area contributed by atoms with Crippen LogP contribution in [-0.4, -0.2) is 33.0 Å². The van der Waals surface area contributed by atoms with Gasteiger partial charge in [-0.15, -0.1) is 0 Å². The fourth-order valence-electron chi connectivity index (χ4n) is 3.32.